The molecule has 0 saturated carbocycles. The SMILES string of the molecule is CC(N)c1cc(O[Si](C)(C)C(C)(C)C)cc(C(F)F)c1F. The van der Waals surface area contributed by atoms with Crippen LogP contribution in [0, 0.1) is 5.82 Å². The number of nitrogens with two attached hydrogens (primary N) is 1. The van der Waals surface area contributed by atoms with Crippen LogP contribution in [0.15, 0.2) is 12.1 Å². The molecule has 0 saturated heterocycles. The summed E-state index contributed by atoms with van der Waals surface area (Å²) in [6.07, 6.45) is -2.90. The molecule has 120 valence electrons. The number of hydrogen-bond acceptors (Lipinski definition) is 2. The fraction of sp³-hybridized carbons (Fsp3) is 0.600. The van der Waals surface area contributed by atoms with E-state index < -0.39 is 32.2 Å². The number of hydrogen-bond donors (Lipinski definition) is 1. The minimum absolute atomic E-state index is 0.0570. The summed E-state index contributed by atoms with van der Waals surface area (Å²) in [5.41, 5.74) is 5.08. The lowest BCUT2D eigenvalue weighted by Gasteiger charge is -2.36. The van der Waals surface area contributed by atoms with Gasteiger partial charge < -0.3 is 10.2 Å². The molecule has 1 atom stereocenters. The van der Waals surface area contributed by atoms with Crippen molar-refractivity contribution in [3.63, 3.8) is 0 Å². The van der Waals surface area contributed by atoms with Crippen LogP contribution < -0.4 is 10.2 Å². The van der Waals surface area contributed by atoms with Crippen LogP contribution >= 0.6 is 0 Å². The van der Waals surface area contributed by atoms with Gasteiger partial charge >= 0.3 is 0 Å². The lowest BCUT2D eigenvalue weighted by molar-refractivity contribution is 0.145. The zero-order valence-corrected chi connectivity index (χ0v) is 14.4. The predicted molar refractivity (Wildman–Crippen MR) is 81.8 cm³/mol. The van der Waals surface area contributed by atoms with Crippen LogP contribution in [0.3, 0.4) is 0 Å². The van der Waals surface area contributed by atoms with Crippen molar-refractivity contribution in [3.05, 3.63) is 29.1 Å². The second-order valence-electron chi connectivity index (χ2n) is 6.87. The maximum absolute atomic E-state index is 14.0. The van der Waals surface area contributed by atoms with Crippen LogP contribution in [0.4, 0.5) is 13.2 Å². The van der Waals surface area contributed by atoms with E-state index in [-0.39, 0.29) is 16.4 Å². The van der Waals surface area contributed by atoms with Crippen molar-refractivity contribution in [2.24, 2.45) is 5.73 Å². The van der Waals surface area contributed by atoms with E-state index in [4.69, 9.17) is 10.2 Å². The van der Waals surface area contributed by atoms with Gasteiger partial charge in [0.2, 0.25) is 8.32 Å². The highest BCUT2D eigenvalue weighted by Gasteiger charge is 2.39. The Morgan fingerprint density at radius 3 is 2.00 bits per heavy atom. The van der Waals surface area contributed by atoms with Gasteiger partial charge in [0.25, 0.3) is 6.43 Å². The lowest BCUT2D eigenvalue weighted by atomic mass is 10.0. The molecule has 1 rings (SSSR count). The van der Waals surface area contributed by atoms with E-state index in [2.05, 4.69) is 0 Å². The molecule has 0 bridgehead atoms. The highest BCUT2D eigenvalue weighted by Crippen LogP contribution is 2.39. The van der Waals surface area contributed by atoms with E-state index in [0.717, 1.165) is 6.07 Å². The van der Waals surface area contributed by atoms with Crippen LogP contribution in [0.1, 0.15) is 51.3 Å². The summed E-state index contributed by atoms with van der Waals surface area (Å²) in [5, 5.41) is -0.0825. The molecule has 2 nitrogen and oxygen atoms in total. The van der Waals surface area contributed by atoms with Gasteiger partial charge in [-0.3, -0.25) is 0 Å². The van der Waals surface area contributed by atoms with Gasteiger partial charge in [-0.2, -0.15) is 0 Å². The van der Waals surface area contributed by atoms with Crippen LogP contribution in [0.5, 0.6) is 5.75 Å². The topological polar surface area (TPSA) is 35.2 Å². The molecule has 1 unspecified atom stereocenters. The first-order chi connectivity index (χ1) is 9.36. The number of benzene rings is 1. The van der Waals surface area contributed by atoms with Gasteiger partial charge in [-0.15, -0.1) is 0 Å². The van der Waals surface area contributed by atoms with Crippen molar-refractivity contribution >= 4 is 8.32 Å². The third kappa shape index (κ3) is 4.00. The summed E-state index contributed by atoms with van der Waals surface area (Å²) in [6, 6.07) is 1.85. The van der Waals surface area contributed by atoms with Gasteiger partial charge in [0, 0.05) is 11.6 Å². The van der Waals surface area contributed by atoms with Gasteiger partial charge in [0.15, 0.2) is 0 Å². The van der Waals surface area contributed by atoms with Crippen LogP contribution in [-0.4, -0.2) is 8.32 Å². The average Bonchev–Trinajstić information content (AvgIpc) is 2.28. The van der Waals surface area contributed by atoms with Crippen molar-refractivity contribution in [2.45, 2.75) is 58.3 Å². The largest absolute Gasteiger partial charge is 0.543 e. The van der Waals surface area contributed by atoms with E-state index in [9.17, 15) is 13.2 Å². The van der Waals surface area contributed by atoms with Gasteiger partial charge in [-0.1, -0.05) is 20.8 Å². The molecule has 21 heavy (non-hydrogen) atoms. The first kappa shape index (κ1) is 18.0. The number of alkyl halides is 2. The predicted octanol–water partition coefficient (Wildman–Crippen LogP) is 5.17. The first-order valence-corrected chi connectivity index (χ1v) is 9.83. The molecular formula is C15H24F3NOSi. The molecule has 0 fully saturated rings. The lowest BCUT2D eigenvalue weighted by Crippen LogP contribution is -2.43. The Labute approximate surface area is 125 Å². The van der Waals surface area contributed by atoms with Gasteiger partial charge in [0.05, 0.1) is 5.56 Å². The molecule has 6 heteroatoms. The standard InChI is InChI=1S/C15H24F3NOSi/c1-9(19)11-7-10(8-12(13(11)16)14(17)18)20-21(5,6)15(2,3)4/h7-9,14H,19H2,1-6H3. The van der Waals surface area contributed by atoms with E-state index in [1.54, 1.807) is 6.92 Å². The van der Waals surface area contributed by atoms with E-state index in [1.807, 2.05) is 33.9 Å². The molecule has 0 aliphatic rings. The fourth-order valence-corrected chi connectivity index (χ4v) is 2.65. The van der Waals surface area contributed by atoms with E-state index in [1.165, 1.54) is 6.07 Å². The third-order valence-corrected chi connectivity index (χ3v) is 8.37. The quantitative estimate of drug-likeness (QED) is 0.777. The summed E-state index contributed by atoms with van der Waals surface area (Å²) >= 11 is 0. The molecule has 0 amide bonds. The minimum Gasteiger partial charge on any atom is -0.543 e. The van der Waals surface area contributed by atoms with Crippen LogP contribution in [0.25, 0.3) is 0 Å². The molecule has 0 heterocycles. The van der Waals surface area contributed by atoms with E-state index in [0.29, 0.717) is 0 Å². The van der Waals surface area contributed by atoms with Crippen molar-refractivity contribution in [3.8, 4) is 5.75 Å². The summed E-state index contributed by atoms with van der Waals surface area (Å²) < 4.78 is 46.0. The molecule has 2 N–H and O–H groups in total. The average molecular weight is 319 g/mol. The molecule has 0 radical (unpaired) electrons. The normalized spacial score (nSPS) is 14.4. The minimum atomic E-state index is -2.90. The Hall–Kier alpha value is -1.01. The molecule has 0 aromatic heterocycles. The highest BCUT2D eigenvalue weighted by atomic mass is 28.4. The number of rotatable bonds is 4. The number of halogens is 3. The van der Waals surface area contributed by atoms with Crippen molar-refractivity contribution in [1.29, 1.82) is 0 Å². The first-order valence-electron chi connectivity index (χ1n) is 6.93. The van der Waals surface area contributed by atoms with Crippen molar-refractivity contribution in [2.75, 3.05) is 0 Å². The maximum Gasteiger partial charge on any atom is 0.266 e. The smallest absolute Gasteiger partial charge is 0.266 e. The summed E-state index contributed by atoms with van der Waals surface area (Å²) in [6.45, 7) is 11.7. The summed E-state index contributed by atoms with van der Waals surface area (Å²) in [7, 11) is -2.19. The Bertz CT molecular complexity index is 481. The Morgan fingerprint density at radius 1 is 1.14 bits per heavy atom. The maximum atomic E-state index is 14.0. The Balaban J connectivity index is 3.32. The van der Waals surface area contributed by atoms with Crippen LogP contribution in [-0.2, 0) is 0 Å². The zero-order chi connectivity index (χ0) is 16.6. The van der Waals surface area contributed by atoms with Crippen molar-refractivity contribution in [1.82, 2.24) is 0 Å². The van der Waals surface area contributed by atoms with Gasteiger partial charge in [-0.25, -0.2) is 13.2 Å². The second-order valence-corrected chi connectivity index (χ2v) is 11.6. The summed E-state index contributed by atoms with van der Waals surface area (Å²) in [4.78, 5) is 0. The highest BCUT2D eigenvalue weighted by molar-refractivity contribution is 6.74. The van der Waals surface area contributed by atoms with Gasteiger partial charge in [-0.05, 0) is 37.2 Å². The molecule has 1 aromatic carbocycles. The van der Waals surface area contributed by atoms with Crippen molar-refractivity contribution < 1.29 is 17.6 Å². The second kappa shape index (κ2) is 6.00. The van der Waals surface area contributed by atoms with Crippen LogP contribution in [0.2, 0.25) is 18.1 Å². The summed E-state index contributed by atoms with van der Waals surface area (Å²) in [5.74, 6) is -0.673. The van der Waals surface area contributed by atoms with E-state index >= 15 is 0 Å². The molecule has 0 aliphatic heterocycles. The third-order valence-electron chi connectivity index (χ3n) is 4.01. The monoisotopic (exact) mass is 319 g/mol. The Kier molecular flexibility index (Phi) is 5.16. The Morgan fingerprint density at radius 2 is 1.62 bits per heavy atom. The fourth-order valence-electron chi connectivity index (χ4n) is 1.64. The molecule has 1 aromatic rings. The molecule has 0 spiro atoms. The van der Waals surface area contributed by atoms with Gasteiger partial charge in [0.1, 0.15) is 11.6 Å². The molecular weight excluding hydrogens is 295 g/mol. The molecule has 0 aliphatic carbocycles. The zero-order valence-electron chi connectivity index (χ0n) is 13.4.